The van der Waals surface area contributed by atoms with Gasteiger partial charge < -0.3 is 5.11 Å². The lowest BCUT2D eigenvalue weighted by molar-refractivity contribution is -0.702. The van der Waals surface area contributed by atoms with E-state index in [1.165, 1.54) is 4.68 Å². The lowest BCUT2D eigenvalue weighted by atomic mass is 10.3. The van der Waals surface area contributed by atoms with Crippen LogP contribution < -0.4 is 9.79 Å². The molecule has 84 valence electrons. The van der Waals surface area contributed by atoms with Crippen LogP contribution in [-0.4, -0.2) is 9.73 Å². The van der Waals surface area contributed by atoms with Gasteiger partial charge in [-0.05, 0) is 24.3 Å². The van der Waals surface area contributed by atoms with Crippen molar-refractivity contribution < 1.29 is 9.79 Å². The van der Waals surface area contributed by atoms with Crippen LogP contribution >= 0.6 is 0 Å². The van der Waals surface area contributed by atoms with E-state index in [-0.39, 0.29) is 5.88 Å². The smallest absolute Gasteiger partial charge is 0.190 e. The summed E-state index contributed by atoms with van der Waals surface area (Å²) in [5.41, 5.74) is 2.31. The number of aryl methyl sites for hydroxylation is 1. The maximum absolute atomic E-state index is 12.2. The van der Waals surface area contributed by atoms with Crippen LogP contribution in [0.1, 0.15) is 5.69 Å². The van der Waals surface area contributed by atoms with E-state index in [1.807, 2.05) is 49.4 Å². The Kier molecular flexibility index (Phi) is 2.08. The normalized spacial score (nSPS) is 10.9. The first-order valence-corrected chi connectivity index (χ1v) is 5.40. The molecule has 0 fully saturated rings. The van der Waals surface area contributed by atoms with Crippen molar-refractivity contribution in [1.29, 1.82) is 0 Å². The van der Waals surface area contributed by atoms with Crippen molar-refractivity contribution >= 4 is 5.52 Å². The van der Waals surface area contributed by atoms with Gasteiger partial charge in [0, 0.05) is 6.92 Å². The molecule has 0 spiro atoms. The fraction of sp³-hybridized carbons (Fsp3) is 0.0769. The first kappa shape index (κ1) is 9.84. The van der Waals surface area contributed by atoms with Crippen LogP contribution in [0.2, 0.25) is 0 Å². The van der Waals surface area contributed by atoms with Gasteiger partial charge in [0.15, 0.2) is 11.2 Å². The summed E-state index contributed by atoms with van der Waals surface area (Å²) in [6.45, 7) is 1.93. The molecule has 0 amide bonds. The summed E-state index contributed by atoms with van der Waals surface area (Å²) in [7, 11) is 0. The molecule has 2 aromatic heterocycles. The van der Waals surface area contributed by atoms with Crippen molar-refractivity contribution in [3.8, 4) is 11.6 Å². The van der Waals surface area contributed by atoms with Crippen LogP contribution in [0, 0.1) is 6.92 Å². The zero-order valence-electron chi connectivity index (χ0n) is 9.37. The molecule has 0 aliphatic heterocycles. The minimum atomic E-state index is -0.0973. The van der Waals surface area contributed by atoms with E-state index in [2.05, 4.69) is 5.21 Å². The predicted molar refractivity (Wildman–Crippen MR) is 60.9 cm³/mol. The molecule has 0 bridgehead atoms. The van der Waals surface area contributed by atoms with Gasteiger partial charge in [0.1, 0.15) is 16.8 Å². The summed E-state index contributed by atoms with van der Waals surface area (Å²) in [5.74, 6) is -0.0973. The highest BCUT2D eigenvalue weighted by Crippen LogP contribution is 2.13. The summed E-state index contributed by atoms with van der Waals surface area (Å²) in [4.78, 5) is 0. The molecule has 1 aromatic carbocycles. The summed E-state index contributed by atoms with van der Waals surface area (Å²) < 4.78 is 3.08. The number of rotatable bonds is 1. The third kappa shape index (κ3) is 1.45. The predicted octanol–water partition coefficient (Wildman–Crippen LogP) is 0.993. The highest BCUT2D eigenvalue weighted by molar-refractivity contribution is 5.52. The van der Waals surface area contributed by atoms with E-state index in [1.54, 1.807) is 10.6 Å². The fourth-order valence-electron chi connectivity index (χ4n) is 1.87. The molecular weight excluding hydrogens is 214 g/mol. The van der Waals surface area contributed by atoms with Crippen LogP contribution in [-0.2, 0) is 0 Å². The minimum absolute atomic E-state index is 0.0973. The molecule has 0 aliphatic carbocycles. The number of pyridine rings is 1. The van der Waals surface area contributed by atoms with Crippen molar-refractivity contribution in [3.05, 3.63) is 54.2 Å². The molecule has 0 aliphatic rings. The molecule has 2 heterocycles. The third-order valence-electron chi connectivity index (χ3n) is 2.74. The largest absolute Gasteiger partial charge is 0.837 e. The summed E-state index contributed by atoms with van der Waals surface area (Å²) in [6, 6.07) is 15.0. The second kappa shape index (κ2) is 3.59. The van der Waals surface area contributed by atoms with Crippen LogP contribution in [0.5, 0.6) is 5.88 Å². The quantitative estimate of drug-likeness (QED) is 0.580. The van der Waals surface area contributed by atoms with Gasteiger partial charge in [0.2, 0.25) is 0 Å². The van der Waals surface area contributed by atoms with E-state index in [0.717, 1.165) is 11.4 Å². The molecule has 4 heteroatoms. The highest BCUT2D eigenvalue weighted by Gasteiger charge is 2.15. The topological polar surface area (TPSA) is 44.2 Å². The Hall–Kier alpha value is -2.36. The Morgan fingerprint density at radius 2 is 1.82 bits per heavy atom. The average Bonchev–Trinajstić information content (AvgIpc) is 2.70. The Labute approximate surface area is 98.4 Å². The molecule has 0 saturated heterocycles. The molecule has 0 N–H and O–H groups in total. The number of fused-ring (bicyclic) bond motifs is 1. The standard InChI is InChI=1S/C13H11N3O/c1-10-6-5-9-12-13(17)16(14-15(10)12)11-7-3-2-4-8-11/h2-9H,1H3. The number of hydrogen-bond donors (Lipinski definition) is 0. The van der Waals surface area contributed by atoms with Crippen molar-refractivity contribution in [1.82, 2.24) is 9.73 Å². The van der Waals surface area contributed by atoms with Crippen LogP contribution in [0.3, 0.4) is 0 Å². The summed E-state index contributed by atoms with van der Waals surface area (Å²) >= 11 is 0. The van der Waals surface area contributed by atoms with E-state index in [0.29, 0.717) is 5.52 Å². The molecule has 17 heavy (non-hydrogen) atoms. The first-order valence-electron chi connectivity index (χ1n) is 5.40. The van der Waals surface area contributed by atoms with E-state index < -0.39 is 0 Å². The Balaban J connectivity index is 2.32. The SMILES string of the molecule is Cc1cccc2c([O-])[n+](-c3ccccc3)nn12. The van der Waals surface area contributed by atoms with Crippen molar-refractivity contribution in [3.63, 3.8) is 0 Å². The van der Waals surface area contributed by atoms with E-state index in [9.17, 15) is 5.11 Å². The van der Waals surface area contributed by atoms with E-state index in [4.69, 9.17) is 0 Å². The van der Waals surface area contributed by atoms with Crippen LogP contribution in [0.15, 0.2) is 48.5 Å². The zero-order chi connectivity index (χ0) is 11.8. The van der Waals surface area contributed by atoms with Crippen molar-refractivity contribution in [2.75, 3.05) is 0 Å². The number of aromatic nitrogens is 3. The number of hydrogen-bond acceptors (Lipinski definition) is 2. The maximum atomic E-state index is 12.2. The molecule has 0 saturated carbocycles. The molecule has 3 rings (SSSR count). The lowest BCUT2D eigenvalue weighted by Crippen LogP contribution is -2.36. The lowest BCUT2D eigenvalue weighted by Gasteiger charge is -1.99. The van der Waals surface area contributed by atoms with Gasteiger partial charge in [-0.3, -0.25) is 0 Å². The highest BCUT2D eigenvalue weighted by atomic mass is 16.3. The molecule has 0 radical (unpaired) electrons. The van der Waals surface area contributed by atoms with Crippen molar-refractivity contribution in [2.24, 2.45) is 0 Å². The zero-order valence-corrected chi connectivity index (χ0v) is 9.37. The maximum Gasteiger partial charge on any atom is 0.190 e. The van der Waals surface area contributed by atoms with E-state index >= 15 is 0 Å². The Morgan fingerprint density at radius 1 is 1.06 bits per heavy atom. The Morgan fingerprint density at radius 3 is 2.53 bits per heavy atom. The van der Waals surface area contributed by atoms with Gasteiger partial charge in [-0.2, -0.15) is 0 Å². The van der Waals surface area contributed by atoms with Crippen LogP contribution in [0.4, 0.5) is 0 Å². The first-order chi connectivity index (χ1) is 8.27. The van der Waals surface area contributed by atoms with Gasteiger partial charge in [-0.1, -0.05) is 28.8 Å². The van der Waals surface area contributed by atoms with Gasteiger partial charge >= 0.3 is 0 Å². The number of benzene rings is 1. The fourth-order valence-corrected chi connectivity index (χ4v) is 1.87. The molecule has 3 aromatic rings. The third-order valence-corrected chi connectivity index (χ3v) is 2.74. The van der Waals surface area contributed by atoms with Crippen LogP contribution in [0.25, 0.3) is 11.2 Å². The molecular formula is C13H11N3O. The number of para-hydroxylation sites is 1. The summed E-state index contributed by atoms with van der Waals surface area (Å²) in [6.07, 6.45) is 0. The van der Waals surface area contributed by atoms with Gasteiger partial charge in [0.05, 0.1) is 0 Å². The van der Waals surface area contributed by atoms with Crippen molar-refractivity contribution in [2.45, 2.75) is 6.92 Å². The minimum Gasteiger partial charge on any atom is -0.837 e. The van der Waals surface area contributed by atoms with Gasteiger partial charge in [0.25, 0.3) is 0 Å². The number of nitrogens with zero attached hydrogens (tertiary/aromatic N) is 3. The molecule has 0 unspecified atom stereocenters. The monoisotopic (exact) mass is 225 g/mol. The molecule has 4 nitrogen and oxygen atoms in total. The molecule has 0 atom stereocenters. The second-order valence-corrected chi connectivity index (χ2v) is 3.91. The Bertz CT molecular complexity index is 674. The second-order valence-electron chi connectivity index (χ2n) is 3.91. The summed E-state index contributed by atoms with van der Waals surface area (Å²) in [5, 5.41) is 16.5. The van der Waals surface area contributed by atoms with Gasteiger partial charge in [-0.25, -0.2) is 0 Å². The average molecular weight is 225 g/mol. The van der Waals surface area contributed by atoms with Gasteiger partial charge in [-0.15, -0.1) is 4.68 Å².